The summed E-state index contributed by atoms with van der Waals surface area (Å²) < 4.78 is 18.6. The zero-order valence-electron chi connectivity index (χ0n) is 11.0. The lowest BCUT2D eigenvalue weighted by Gasteiger charge is -2.22. The molecular formula is C13H18FNO3. The van der Waals surface area contributed by atoms with Crippen molar-refractivity contribution in [1.82, 2.24) is 5.32 Å². The Balaban J connectivity index is 2.71. The SMILES string of the molecule is C[C@H](NC(=O)OC(C)(C)C)c1ccc(O)cc1F. The molecule has 4 nitrogen and oxygen atoms in total. The van der Waals surface area contributed by atoms with E-state index in [1.165, 1.54) is 12.1 Å². The van der Waals surface area contributed by atoms with Crippen molar-refractivity contribution in [2.24, 2.45) is 0 Å². The lowest BCUT2D eigenvalue weighted by Crippen LogP contribution is -2.34. The summed E-state index contributed by atoms with van der Waals surface area (Å²) in [6, 6.07) is 3.25. The van der Waals surface area contributed by atoms with E-state index in [0.29, 0.717) is 5.56 Å². The monoisotopic (exact) mass is 255 g/mol. The Morgan fingerprint density at radius 1 is 1.44 bits per heavy atom. The number of nitrogens with one attached hydrogen (secondary N) is 1. The van der Waals surface area contributed by atoms with E-state index in [1.54, 1.807) is 27.7 Å². The first-order chi connectivity index (χ1) is 8.19. The predicted octanol–water partition coefficient (Wildman–Crippen LogP) is 3.12. The summed E-state index contributed by atoms with van der Waals surface area (Å²) in [7, 11) is 0. The van der Waals surface area contributed by atoms with Gasteiger partial charge in [-0.2, -0.15) is 0 Å². The van der Waals surface area contributed by atoms with Crippen molar-refractivity contribution in [3.8, 4) is 5.75 Å². The second kappa shape index (κ2) is 5.25. The third-order valence-electron chi connectivity index (χ3n) is 2.18. The number of rotatable bonds is 2. The molecule has 1 aromatic rings. The number of halogens is 1. The molecule has 0 saturated heterocycles. The third-order valence-corrected chi connectivity index (χ3v) is 2.18. The molecule has 1 amide bonds. The minimum Gasteiger partial charge on any atom is -0.508 e. The van der Waals surface area contributed by atoms with Gasteiger partial charge in [0.25, 0.3) is 0 Å². The number of phenolic OH excluding ortho intramolecular Hbond substituents is 1. The smallest absolute Gasteiger partial charge is 0.408 e. The van der Waals surface area contributed by atoms with E-state index >= 15 is 0 Å². The van der Waals surface area contributed by atoms with Crippen molar-refractivity contribution in [2.75, 3.05) is 0 Å². The van der Waals surface area contributed by atoms with Crippen molar-refractivity contribution < 1.29 is 19.0 Å². The lowest BCUT2D eigenvalue weighted by atomic mass is 10.1. The van der Waals surface area contributed by atoms with E-state index < -0.39 is 23.6 Å². The minimum absolute atomic E-state index is 0.152. The molecule has 0 aliphatic heterocycles. The minimum atomic E-state index is -0.609. The van der Waals surface area contributed by atoms with Gasteiger partial charge in [-0.3, -0.25) is 0 Å². The number of ether oxygens (including phenoxy) is 1. The number of benzene rings is 1. The van der Waals surface area contributed by atoms with Gasteiger partial charge >= 0.3 is 6.09 Å². The van der Waals surface area contributed by atoms with E-state index in [9.17, 15) is 9.18 Å². The Morgan fingerprint density at radius 2 is 2.06 bits per heavy atom. The highest BCUT2D eigenvalue weighted by molar-refractivity contribution is 5.68. The van der Waals surface area contributed by atoms with Gasteiger partial charge in [0, 0.05) is 11.6 Å². The van der Waals surface area contributed by atoms with Crippen LogP contribution in [-0.2, 0) is 4.74 Å². The molecule has 0 radical (unpaired) electrons. The van der Waals surface area contributed by atoms with E-state index in [2.05, 4.69) is 5.32 Å². The molecule has 1 aromatic carbocycles. The van der Waals surface area contributed by atoms with Gasteiger partial charge in [0.15, 0.2) is 0 Å². The molecule has 0 unspecified atom stereocenters. The van der Waals surface area contributed by atoms with Crippen LogP contribution in [0, 0.1) is 5.82 Å². The van der Waals surface area contributed by atoms with Crippen molar-refractivity contribution in [3.63, 3.8) is 0 Å². The number of hydrogen-bond donors (Lipinski definition) is 2. The molecule has 0 aromatic heterocycles. The van der Waals surface area contributed by atoms with Crippen LogP contribution in [0.5, 0.6) is 5.75 Å². The highest BCUT2D eigenvalue weighted by atomic mass is 19.1. The summed E-state index contributed by atoms with van der Waals surface area (Å²) in [5, 5.41) is 11.6. The quantitative estimate of drug-likeness (QED) is 0.853. The molecule has 2 N–H and O–H groups in total. The Kier molecular flexibility index (Phi) is 4.16. The Bertz CT molecular complexity index is 440. The third kappa shape index (κ3) is 4.24. The van der Waals surface area contributed by atoms with Gasteiger partial charge < -0.3 is 15.2 Å². The maximum atomic E-state index is 13.5. The summed E-state index contributed by atoms with van der Waals surface area (Å²) in [5.41, 5.74) is -0.309. The first-order valence-electron chi connectivity index (χ1n) is 5.67. The molecule has 0 aliphatic carbocycles. The van der Waals surface area contributed by atoms with Gasteiger partial charge in [-0.25, -0.2) is 9.18 Å². The van der Waals surface area contributed by atoms with Crippen LogP contribution in [0.25, 0.3) is 0 Å². The van der Waals surface area contributed by atoms with Gasteiger partial charge in [0.2, 0.25) is 0 Å². The standard InChI is InChI=1S/C13H18FNO3/c1-8(15-12(17)18-13(2,3)4)10-6-5-9(16)7-11(10)14/h5-8,16H,1-4H3,(H,15,17)/t8-/m0/s1. The van der Waals surface area contributed by atoms with E-state index in [4.69, 9.17) is 9.84 Å². The predicted molar refractivity (Wildman–Crippen MR) is 65.8 cm³/mol. The van der Waals surface area contributed by atoms with E-state index in [1.807, 2.05) is 0 Å². The molecule has 0 bridgehead atoms. The number of amides is 1. The van der Waals surface area contributed by atoms with Gasteiger partial charge in [0.05, 0.1) is 6.04 Å². The van der Waals surface area contributed by atoms with Crippen LogP contribution < -0.4 is 5.32 Å². The summed E-state index contributed by atoms with van der Waals surface area (Å²) >= 11 is 0. The highest BCUT2D eigenvalue weighted by Crippen LogP contribution is 2.21. The fourth-order valence-electron chi connectivity index (χ4n) is 1.43. The highest BCUT2D eigenvalue weighted by Gasteiger charge is 2.19. The Hall–Kier alpha value is -1.78. The van der Waals surface area contributed by atoms with Crippen LogP contribution in [-0.4, -0.2) is 16.8 Å². The molecule has 1 atom stereocenters. The van der Waals surface area contributed by atoms with Crippen LogP contribution in [0.2, 0.25) is 0 Å². The molecule has 100 valence electrons. The van der Waals surface area contributed by atoms with Gasteiger partial charge in [0.1, 0.15) is 17.2 Å². The van der Waals surface area contributed by atoms with E-state index in [-0.39, 0.29) is 5.75 Å². The maximum absolute atomic E-state index is 13.5. The topological polar surface area (TPSA) is 58.6 Å². The first-order valence-corrected chi connectivity index (χ1v) is 5.67. The van der Waals surface area contributed by atoms with Crippen LogP contribution in [0.1, 0.15) is 39.3 Å². The summed E-state index contributed by atoms with van der Waals surface area (Å²) in [4.78, 5) is 11.5. The largest absolute Gasteiger partial charge is 0.508 e. The summed E-state index contributed by atoms with van der Waals surface area (Å²) in [5.74, 6) is -0.723. The zero-order chi connectivity index (χ0) is 13.9. The fraction of sp³-hybridized carbons (Fsp3) is 0.462. The maximum Gasteiger partial charge on any atom is 0.408 e. The van der Waals surface area contributed by atoms with Gasteiger partial charge in [-0.05, 0) is 33.8 Å². The normalized spacial score (nSPS) is 12.9. The number of alkyl carbamates (subject to hydrolysis) is 1. The van der Waals surface area contributed by atoms with Gasteiger partial charge in [-0.15, -0.1) is 0 Å². The number of hydrogen-bond acceptors (Lipinski definition) is 3. The van der Waals surface area contributed by atoms with Crippen molar-refractivity contribution in [2.45, 2.75) is 39.3 Å². The number of carbonyl (C=O) groups is 1. The number of carbonyl (C=O) groups excluding carboxylic acids is 1. The van der Waals surface area contributed by atoms with Crippen LogP contribution >= 0.6 is 0 Å². The lowest BCUT2D eigenvalue weighted by molar-refractivity contribution is 0.0507. The Morgan fingerprint density at radius 3 is 2.56 bits per heavy atom. The molecule has 5 heteroatoms. The van der Waals surface area contributed by atoms with Crippen molar-refractivity contribution >= 4 is 6.09 Å². The average Bonchev–Trinajstić information content (AvgIpc) is 2.13. The number of aromatic hydroxyl groups is 1. The summed E-state index contributed by atoms with van der Waals surface area (Å²) in [6.07, 6.45) is -0.609. The average molecular weight is 255 g/mol. The summed E-state index contributed by atoms with van der Waals surface area (Å²) in [6.45, 7) is 6.88. The first kappa shape index (κ1) is 14.3. The van der Waals surface area contributed by atoms with E-state index in [0.717, 1.165) is 6.07 Å². The molecule has 0 spiro atoms. The van der Waals surface area contributed by atoms with Crippen LogP contribution in [0.3, 0.4) is 0 Å². The van der Waals surface area contributed by atoms with Gasteiger partial charge in [-0.1, -0.05) is 6.07 Å². The Labute approximate surface area is 106 Å². The fourth-order valence-corrected chi connectivity index (χ4v) is 1.43. The molecule has 1 rings (SSSR count). The molecular weight excluding hydrogens is 237 g/mol. The second-order valence-corrected chi connectivity index (χ2v) is 5.07. The van der Waals surface area contributed by atoms with Crippen LogP contribution in [0.15, 0.2) is 18.2 Å². The van der Waals surface area contributed by atoms with Crippen LogP contribution in [0.4, 0.5) is 9.18 Å². The molecule has 0 saturated carbocycles. The van der Waals surface area contributed by atoms with Crippen molar-refractivity contribution in [3.05, 3.63) is 29.6 Å². The number of phenols is 1. The van der Waals surface area contributed by atoms with Crippen molar-refractivity contribution in [1.29, 1.82) is 0 Å². The zero-order valence-corrected chi connectivity index (χ0v) is 11.0. The second-order valence-electron chi connectivity index (χ2n) is 5.07. The molecule has 0 heterocycles. The molecule has 0 fully saturated rings. The molecule has 0 aliphatic rings. The molecule has 18 heavy (non-hydrogen) atoms.